The number of imidazole rings is 1. The molecule has 5 rings (SSSR count). The van der Waals surface area contributed by atoms with Gasteiger partial charge in [0.25, 0.3) is 0 Å². The molecule has 2 aliphatic heterocycles. The highest BCUT2D eigenvalue weighted by atomic mass is 16.2. The van der Waals surface area contributed by atoms with Crippen molar-refractivity contribution in [2.24, 2.45) is 29.2 Å². The van der Waals surface area contributed by atoms with Crippen molar-refractivity contribution in [1.82, 2.24) is 41.1 Å². The van der Waals surface area contributed by atoms with Gasteiger partial charge in [0.2, 0.25) is 23.6 Å². The predicted octanol–water partition coefficient (Wildman–Crippen LogP) is 1.44. The maximum absolute atomic E-state index is 14.3. The number of aromatic nitrogens is 3. The number of nitrogens with zero attached hydrogens (tertiary/aromatic N) is 2. The Balaban J connectivity index is 1.35. The second-order valence-electron chi connectivity index (χ2n) is 15.6. The van der Waals surface area contributed by atoms with Gasteiger partial charge in [-0.25, -0.2) is 4.98 Å². The molecule has 2 aromatic heterocycles. The highest BCUT2D eigenvalue weighted by Gasteiger charge is 2.37. The van der Waals surface area contributed by atoms with Gasteiger partial charge in [-0.2, -0.15) is 0 Å². The van der Waals surface area contributed by atoms with Gasteiger partial charge in [-0.05, 0) is 87.4 Å². The molecule has 9 atom stereocenters. The zero-order chi connectivity index (χ0) is 39.5. The molecular formula is C40H60N10O5. The minimum absolute atomic E-state index is 0.0444. The number of nitrogens with one attached hydrogen (secondary N) is 6. The first kappa shape index (κ1) is 41.6. The monoisotopic (exact) mass is 760 g/mol. The van der Waals surface area contributed by atoms with Crippen molar-refractivity contribution >= 4 is 40.8 Å². The van der Waals surface area contributed by atoms with Crippen LogP contribution in [0.3, 0.4) is 0 Å². The first-order valence-corrected chi connectivity index (χ1v) is 19.9. The number of amides is 4. The Morgan fingerprint density at radius 2 is 1.80 bits per heavy atom. The van der Waals surface area contributed by atoms with Crippen molar-refractivity contribution in [3.63, 3.8) is 0 Å². The maximum atomic E-state index is 14.3. The van der Waals surface area contributed by atoms with Gasteiger partial charge < -0.3 is 52.4 Å². The average Bonchev–Trinajstić information content (AvgIpc) is 3.98. The first-order valence-electron chi connectivity index (χ1n) is 19.9. The molecule has 0 spiro atoms. The van der Waals surface area contributed by atoms with Crippen LogP contribution in [0.1, 0.15) is 77.0 Å². The SMILES string of the molecule is CC[C@H](C)[C@H](NC(=O)[C@H](N)Cc1c[nH]c2ccccc12)C(=O)N[C@@H](CCC(CN)C1CC(C)CCN1)C(=O)N[C@H](Cc1cnc[nH]1)C(=O)N1CCC[C@H]1C=O. The number of hydrogen-bond acceptors (Lipinski definition) is 9. The van der Waals surface area contributed by atoms with Crippen LogP contribution in [-0.4, -0.2) is 106 Å². The van der Waals surface area contributed by atoms with E-state index in [2.05, 4.69) is 43.1 Å². The lowest BCUT2D eigenvalue weighted by atomic mass is 9.83. The molecule has 0 saturated carbocycles. The Morgan fingerprint density at radius 3 is 2.51 bits per heavy atom. The standard InChI is InChI=1S/C40H60N10O5/c1-4-25(3)36(49-37(52)31(42)17-27-20-45-32-10-6-5-9-30(27)32)39(54)47-33(12-11-26(19-41)34-16-24(2)13-14-44-34)38(53)48-35(18-28-21-43-23-46-28)40(55)50-15-7-8-29(50)22-51/h5-6,9-10,20-26,29,31,33-36,44-45H,4,7-8,11-19,41-42H2,1-3H3,(H,43,46)(H,47,54)(H,48,53)(H,49,52)/t24?,25-,26?,29-,31+,33-,34?,35+,36-/m0/s1. The molecule has 3 unspecified atom stereocenters. The molecule has 2 saturated heterocycles. The summed E-state index contributed by atoms with van der Waals surface area (Å²) >= 11 is 0. The lowest BCUT2D eigenvalue weighted by Gasteiger charge is -2.35. The van der Waals surface area contributed by atoms with E-state index in [-0.39, 0.29) is 43.0 Å². The van der Waals surface area contributed by atoms with Gasteiger partial charge >= 0.3 is 0 Å². The fraction of sp³-hybridized carbons (Fsp3) is 0.600. The predicted molar refractivity (Wildman–Crippen MR) is 210 cm³/mol. The Kier molecular flexibility index (Phi) is 15.0. The summed E-state index contributed by atoms with van der Waals surface area (Å²) in [7, 11) is 0. The number of likely N-dealkylation sites (tertiary alicyclic amines) is 1. The number of aldehydes is 1. The molecule has 300 valence electrons. The molecule has 10 N–H and O–H groups in total. The number of nitrogens with two attached hydrogens (primary N) is 2. The van der Waals surface area contributed by atoms with Gasteiger partial charge in [0, 0.05) is 48.0 Å². The quantitative estimate of drug-likeness (QED) is 0.0825. The highest BCUT2D eigenvalue weighted by Crippen LogP contribution is 2.24. The van der Waals surface area contributed by atoms with E-state index in [1.807, 2.05) is 44.3 Å². The van der Waals surface area contributed by atoms with E-state index in [4.69, 9.17) is 11.5 Å². The summed E-state index contributed by atoms with van der Waals surface area (Å²) in [5.41, 5.74) is 15.2. The van der Waals surface area contributed by atoms with E-state index in [9.17, 15) is 24.0 Å². The minimum Gasteiger partial charge on any atom is -0.361 e. The zero-order valence-corrected chi connectivity index (χ0v) is 32.4. The molecule has 15 nitrogen and oxygen atoms in total. The number of rotatable bonds is 19. The molecule has 55 heavy (non-hydrogen) atoms. The van der Waals surface area contributed by atoms with Crippen LogP contribution in [0, 0.1) is 17.8 Å². The summed E-state index contributed by atoms with van der Waals surface area (Å²) in [6, 6.07) is 3.39. The van der Waals surface area contributed by atoms with Gasteiger partial charge in [-0.15, -0.1) is 0 Å². The number of H-pyrrole nitrogens is 2. The summed E-state index contributed by atoms with van der Waals surface area (Å²) in [5, 5.41) is 13.3. The molecule has 2 fully saturated rings. The molecular weight excluding hydrogens is 701 g/mol. The number of benzene rings is 1. The Hall–Kier alpha value is -4.60. The van der Waals surface area contributed by atoms with Crippen LogP contribution in [-0.2, 0) is 36.8 Å². The van der Waals surface area contributed by atoms with Crippen molar-refractivity contribution in [2.75, 3.05) is 19.6 Å². The lowest BCUT2D eigenvalue weighted by molar-refractivity contribution is -0.139. The number of para-hydroxylation sites is 1. The van der Waals surface area contributed by atoms with Crippen LogP contribution in [0.4, 0.5) is 0 Å². The molecule has 15 heteroatoms. The van der Waals surface area contributed by atoms with Crippen molar-refractivity contribution < 1.29 is 24.0 Å². The number of piperidine rings is 1. The summed E-state index contributed by atoms with van der Waals surface area (Å²) in [5.74, 6) is -1.63. The van der Waals surface area contributed by atoms with Crippen LogP contribution in [0.2, 0.25) is 0 Å². The number of carbonyl (C=O) groups excluding carboxylic acids is 5. The minimum atomic E-state index is -1.05. The van der Waals surface area contributed by atoms with Crippen molar-refractivity contribution in [1.29, 1.82) is 0 Å². The third-order valence-corrected chi connectivity index (χ3v) is 11.6. The molecule has 4 heterocycles. The third kappa shape index (κ3) is 10.8. The Morgan fingerprint density at radius 1 is 1.02 bits per heavy atom. The van der Waals surface area contributed by atoms with Crippen LogP contribution in [0.5, 0.6) is 0 Å². The van der Waals surface area contributed by atoms with Gasteiger partial charge in [0.05, 0.1) is 18.4 Å². The third-order valence-electron chi connectivity index (χ3n) is 11.6. The second kappa shape index (κ2) is 19.8. The first-order chi connectivity index (χ1) is 26.5. The Labute approximate surface area is 323 Å². The molecule has 4 amide bonds. The summed E-state index contributed by atoms with van der Waals surface area (Å²) in [4.78, 5) is 79.7. The molecule has 2 aliphatic rings. The van der Waals surface area contributed by atoms with Crippen LogP contribution < -0.4 is 32.7 Å². The van der Waals surface area contributed by atoms with E-state index >= 15 is 0 Å². The molecule has 0 bridgehead atoms. The second-order valence-corrected chi connectivity index (χ2v) is 15.6. The zero-order valence-electron chi connectivity index (χ0n) is 32.4. The lowest BCUT2D eigenvalue weighted by Crippen LogP contribution is -2.60. The van der Waals surface area contributed by atoms with E-state index in [1.165, 1.54) is 11.2 Å². The number of aromatic amines is 2. The van der Waals surface area contributed by atoms with Crippen molar-refractivity contribution in [3.8, 4) is 0 Å². The van der Waals surface area contributed by atoms with Crippen molar-refractivity contribution in [3.05, 3.63) is 54.2 Å². The van der Waals surface area contributed by atoms with Crippen LogP contribution in [0.25, 0.3) is 10.9 Å². The molecule has 0 radical (unpaired) electrons. The number of hydrogen-bond donors (Lipinski definition) is 8. The molecule has 3 aromatic rings. The van der Waals surface area contributed by atoms with E-state index in [0.29, 0.717) is 50.4 Å². The number of carbonyl (C=O) groups is 5. The van der Waals surface area contributed by atoms with Crippen LogP contribution >= 0.6 is 0 Å². The average molecular weight is 761 g/mol. The Bertz CT molecular complexity index is 1730. The van der Waals surface area contributed by atoms with E-state index < -0.39 is 47.9 Å². The van der Waals surface area contributed by atoms with E-state index in [1.54, 1.807) is 6.20 Å². The largest absolute Gasteiger partial charge is 0.361 e. The van der Waals surface area contributed by atoms with Crippen molar-refractivity contribution in [2.45, 2.75) is 115 Å². The summed E-state index contributed by atoms with van der Waals surface area (Å²) < 4.78 is 0. The molecule has 1 aromatic carbocycles. The number of fused-ring (bicyclic) bond motifs is 1. The summed E-state index contributed by atoms with van der Waals surface area (Å²) in [6.45, 7) is 7.70. The maximum Gasteiger partial charge on any atom is 0.246 e. The fourth-order valence-electron chi connectivity index (χ4n) is 7.99. The normalized spacial score (nSPS) is 21.9. The summed E-state index contributed by atoms with van der Waals surface area (Å²) in [6.07, 6.45) is 10.7. The molecule has 0 aliphatic carbocycles. The highest BCUT2D eigenvalue weighted by molar-refractivity contribution is 5.95. The van der Waals surface area contributed by atoms with Gasteiger partial charge in [-0.1, -0.05) is 45.4 Å². The van der Waals surface area contributed by atoms with Crippen LogP contribution in [0.15, 0.2) is 43.0 Å². The van der Waals surface area contributed by atoms with E-state index in [0.717, 1.165) is 42.1 Å². The smallest absolute Gasteiger partial charge is 0.246 e. The van der Waals surface area contributed by atoms with Gasteiger partial charge in [0.15, 0.2) is 0 Å². The van der Waals surface area contributed by atoms with Gasteiger partial charge in [0.1, 0.15) is 24.4 Å². The topological polar surface area (TPSA) is 233 Å². The van der Waals surface area contributed by atoms with Gasteiger partial charge in [-0.3, -0.25) is 19.2 Å². The fourth-order valence-corrected chi connectivity index (χ4v) is 7.99.